The first kappa shape index (κ1) is 10.5. The van der Waals surface area contributed by atoms with Crippen LogP contribution in [0.3, 0.4) is 0 Å². The zero-order valence-corrected chi connectivity index (χ0v) is 9.08. The second-order valence-corrected chi connectivity index (χ2v) is 4.21. The van der Waals surface area contributed by atoms with Crippen LogP contribution < -0.4 is 0 Å². The molecule has 0 bridgehead atoms. The molecule has 1 rings (SSSR count). The molecule has 1 aliphatic rings. The van der Waals surface area contributed by atoms with Crippen molar-refractivity contribution in [1.82, 2.24) is 9.80 Å². The number of nitrogens with zero attached hydrogens (tertiary/aromatic N) is 2. The average molecular weight is 184 g/mol. The minimum absolute atomic E-state index is 0.185. The highest BCUT2D eigenvalue weighted by Gasteiger charge is 2.29. The fourth-order valence-corrected chi connectivity index (χ4v) is 2.01. The molecule has 76 valence electrons. The Morgan fingerprint density at radius 2 is 1.69 bits per heavy atom. The Bertz CT molecular complexity index is 191. The second kappa shape index (κ2) is 4.09. The molecule has 0 spiro atoms. The van der Waals surface area contributed by atoms with E-state index in [-0.39, 0.29) is 5.91 Å². The lowest BCUT2D eigenvalue weighted by molar-refractivity contribution is -0.129. The van der Waals surface area contributed by atoms with Gasteiger partial charge in [-0.15, -0.1) is 0 Å². The van der Waals surface area contributed by atoms with Crippen LogP contribution in [0.1, 0.15) is 26.2 Å². The molecule has 2 unspecified atom stereocenters. The lowest BCUT2D eigenvalue weighted by Crippen LogP contribution is -2.35. The van der Waals surface area contributed by atoms with Gasteiger partial charge in [0, 0.05) is 26.1 Å². The van der Waals surface area contributed by atoms with Crippen LogP contribution in [0.5, 0.6) is 0 Å². The molecule has 0 aromatic carbocycles. The topological polar surface area (TPSA) is 23.6 Å². The van der Waals surface area contributed by atoms with Crippen LogP contribution in [0.15, 0.2) is 0 Å². The van der Waals surface area contributed by atoms with Crippen LogP contribution >= 0.6 is 0 Å². The van der Waals surface area contributed by atoms with Crippen molar-refractivity contribution in [3.05, 3.63) is 0 Å². The number of carbonyl (C=O) groups is 1. The smallest absolute Gasteiger partial charge is 0.219 e. The molecule has 1 aliphatic carbocycles. The summed E-state index contributed by atoms with van der Waals surface area (Å²) in [6.45, 7) is 1.64. The highest BCUT2D eigenvalue weighted by molar-refractivity contribution is 5.73. The molecular formula is C10H20N2O. The molecular weight excluding hydrogens is 164 g/mol. The minimum Gasteiger partial charge on any atom is -0.343 e. The molecule has 1 fully saturated rings. The van der Waals surface area contributed by atoms with E-state index in [4.69, 9.17) is 0 Å². The summed E-state index contributed by atoms with van der Waals surface area (Å²) >= 11 is 0. The van der Waals surface area contributed by atoms with Crippen LogP contribution in [-0.2, 0) is 4.79 Å². The van der Waals surface area contributed by atoms with Crippen molar-refractivity contribution < 1.29 is 4.79 Å². The summed E-state index contributed by atoms with van der Waals surface area (Å²) < 4.78 is 0. The average Bonchev–Trinajstić information content (AvgIpc) is 2.50. The summed E-state index contributed by atoms with van der Waals surface area (Å²) in [5.41, 5.74) is 0. The molecule has 1 saturated carbocycles. The zero-order valence-electron chi connectivity index (χ0n) is 9.08. The van der Waals surface area contributed by atoms with Crippen molar-refractivity contribution in [3.8, 4) is 0 Å². The lowest BCUT2D eigenvalue weighted by atomic mass is 10.2. The Morgan fingerprint density at radius 3 is 2.08 bits per heavy atom. The summed E-state index contributed by atoms with van der Waals surface area (Å²) in [5, 5.41) is 0. The molecule has 1 amide bonds. The zero-order chi connectivity index (χ0) is 10.0. The van der Waals surface area contributed by atoms with Crippen LogP contribution in [0, 0.1) is 0 Å². The maximum absolute atomic E-state index is 11.1. The Hall–Kier alpha value is -0.570. The third-order valence-corrected chi connectivity index (χ3v) is 3.15. The SMILES string of the molecule is CC(=O)N(C)C1CCC(N(C)C)C1. The third kappa shape index (κ3) is 2.44. The second-order valence-electron chi connectivity index (χ2n) is 4.21. The number of rotatable bonds is 2. The van der Waals surface area contributed by atoms with E-state index >= 15 is 0 Å². The highest BCUT2D eigenvalue weighted by Crippen LogP contribution is 2.25. The summed E-state index contributed by atoms with van der Waals surface area (Å²) in [4.78, 5) is 15.3. The van der Waals surface area contributed by atoms with Gasteiger partial charge in [0.05, 0.1) is 0 Å². The summed E-state index contributed by atoms with van der Waals surface area (Å²) in [5.74, 6) is 0.185. The minimum atomic E-state index is 0.185. The predicted octanol–water partition coefficient (Wildman–Crippen LogP) is 0.947. The number of hydrogen-bond donors (Lipinski definition) is 0. The van der Waals surface area contributed by atoms with Crippen LogP contribution in [0.2, 0.25) is 0 Å². The standard InChI is InChI=1S/C10H20N2O/c1-8(13)12(4)10-6-5-9(7-10)11(2)3/h9-10H,5-7H2,1-4H3. The quantitative estimate of drug-likeness (QED) is 0.638. The van der Waals surface area contributed by atoms with E-state index in [9.17, 15) is 4.79 Å². The van der Waals surface area contributed by atoms with Gasteiger partial charge < -0.3 is 9.80 Å². The van der Waals surface area contributed by atoms with E-state index in [2.05, 4.69) is 19.0 Å². The van der Waals surface area contributed by atoms with E-state index < -0.39 is 0 Å². The van der Waals surface area contributed by atoms with Gasteiger partial charge in [0.25, 0.3) is 0 Å². The summed E-state index contributed by atoms with van der Waals surface area (Å²) in [6.07, 6.45) is 3.50. The van der Waals surface area contributed by atoms with Crippen LogP contribution in [0.25, 0.3) is 0 Å². The molecule has 0 heterocycles. The van der Waals surface area contributed by atoms with Gasteiger partial charge in [0.15, 0.2) is 0 Å². The molecule has 2 atom stereocenters. The fraction of sp³-hybridized carbons (Fsp3) is 0.900. The first-order valence-corrected chi connectivity index (χ1v) is 4.92. The number of amides is 1. The Balaban J connectivity index is 2.45. The Morgan fingerprint density at radius 1 is 1.15 bits per heavy atom. The van der Waals surface area contributed by atoms with Crippen molar-refractivity contribution in [2.24, 2.45) is 0 Å². The largest absolute Gasteiger partial charge is 0.343 e. The van der Waals surface area contributed by atoms with Gasteiger partial charge in [-0.25, -0.2) is 0 Å². The molecule has 0 radical (unpaired) electrons. The summed E-state index contributed by atoms with van der Waals surface area (Å²) in [6, 6.07) is 1.12. The van der Waals surface area contributed by atoms with E-state index in [0.29, 0.717) is 12.1 Å². The molecule has 3 nitrogen and oxygen atoms in total. The number of carbonyl (C=O) groups excluding carboxylic acids is 1. The molecule has 0 aromatic rings. The maximum atomic E-state index is 11.1. The third-order valence-electron chi connectivity index (χ3n) is 3.15. The van der Waals surface area contributed by atoms with Crippen molar-refractivity contribution in [1.29, 1.82) is 0 Å². The van der Waals surface area contributed by atoms with E-state index in [1.165, 1.54) is 6.42 Å². The highest BCUT2D eigenvalue weighted by atomic mass is 16.2. The first-order valence-electron chi connectivity index (χ1n) is 4.92. The molecule has 0 aromatic heterocycles. The van der Waals surface area contributed by atoms with Crippen molar-refractivity contribution >= 4 is 5.91 Å². The van der Waals surface area contributed by atoms with Gasteiger partial charge >= 0.3 is 0 Å². The van der Waals surface area contributed by atoms with Crippen LogP contribution in [0.4, 0.5) is 0 Å². The normalized spacial score (nSPS) is 28.1. The Kier molecular flexibility index (Phi) is 3.31. The van der Waals surface area contributed by atoms with Crippen LogP contribution in [-0.4, -0.2) is 48.9 Å². The molecule has 3 heteroatoms. The van der Waals surface area contributed by atoms with Gasteiger partial charge in [0.2, 0.25) is 5.91 Å². The summed E-state index contributed by atoms with van der Waals surface area (Å²) in [7, 11) is 6.13. The molecule has 0 N–H and O–H groups in total. The Labute approximate surface area is 80.7 Å². The van der Waals surface area contributed by atoms with Crippen molar-refractivity contribution in [2.45, 2.75) is 38.3 Å². The lowest BCUT2D eigenvalue weighted by Gasteiger charge is -2.24. The van der Waals surface area contributed by atoms with Gasteiger partial charge in [-0.1, -0.05) is 0 Å². The fourth-order valence-electron chi connectivity index (χ4n) is 2.01. The van der Waals surface area contributed by atoms with Gasteiger partial charge in [0.1, 0.15) is 0 Å². The van der Waals surface area contributed by atoms with Gasteiger partial charge in [-0.3, -0.25) is 4.79 Å². The van der Waals surface area contributed by atoms with Crippen molar-refractivity contribution in [3.63, 3.8) is 0 Å². The van der Waals surface area contributed by atoms with E-state index in [1.807, 2.05) is 11.9 Å². The molecule has 0 aliphatic heterocycles. The molecule has 13 heavy (non-hydrogen) atoms. The maximum Gasteiger partial charge on any atom is 0.219 e. The predicted molar refractivity (Wildman–Crippen MR) is 53.6 cm³/mol. The number of hydrogen-bond acceptors (Lipinski definition) is 2. The van der Waals surface area contributed by atoms with E-state index in [1.54, 1.807) is 6.92 Å². The van der Waals surface area contributed by atoms with Gasteiger partial charge in [-0.2, -0.15) is 0 Å². The van der Waals surface area contributed by atoms with Crippen molar-refractivity contribution in [2.75, 3.05) is 21.1 Å². The van der Waals surface area contributed by atoms with E-state index in [0.717, 1.165) is 12.8 Å². The first-order chi connectivity index (χ1) is 6.02. The van der Waals surface area contributed by atoms with Gasteiger partial charge in [-0.05, 0) is 33.4 Å². The molecule has 0 saturated heterocycles. The monoisotopic (exact) mass is 184 g/mol.